The number of benzene rings is 4. The van der Waals surface area contributed by atoms with Gasteiger partial charge in [0.1, 0.15) is 5.82 Å². The van der Waals surface area contributed by atoms with E-state index in [2.05, 4.69) is 156 Å². The van der Waals surface area contributed by atoms with Gasteiger partial charge in [-0.2, -0.15) is 11.2 Å². The van der Waals surface area contributed by atoms with Gasteiger partial charge in [0.05, 0.1) is 5.69 Å². The van der Waals surface area contributed by atoms with Crippen LogP contribution < -0.4 is 4.74 Å². The fourth-order valence-electron chi connectivity index (χ4n) is 7.47. The Kier molecular flexibility index (Phi) is 11.2. The molecular formula is C47H50N4OPt. The van der Waals surface area contributed by atoms with E-state index < -0.39 is 0 Å². The van der Waals surface area contributed by atoms with Crippen molar-refractivity contribution in [2.75, 3.05) is 0 Å². The zero-order valence-corrected chi connectivity index (χ0v) is 34.8. The molecule has 6 heteroatoms. The molecule has 7 rings (SSSR count). The molecule has 0 fully saturated rings. The fourth-order valence-corrected chi connectivity index (χ4v) is 7.47. The molecule has 3 aromatic heterocycles. The molecule has 0 amide bonds. The van der Waals surface area contributed by atoms with Crippen LogP contribution in [0.25, 0.3) is 44.4 Å². The second-order valence-electron chi connectivity index (χ2n) is 15.1. The fraction of sp³-hybridized carbons (Fsp3) is 0.319. The molecule has 7 aromatic rings. The van der Waals surface area contributed by atoms with Crippen molar-refractivity contribution in [1.82, 2.24) is 19.3 Å². The summed E-state index contributed by atoms with van der Waals surface area (Å²) in [6.07, 6.45) is 5.54. The van der Waals surface area contributed by atoms with Crippen molar-refractivity contribution < 1.29 is 25.8 Å². The molecule has 274 valence electrons. The summed E-state index contributed by atoms with van der Waals surface area (Å²) in [7, 11) is 0. The average molecular weight is 882 g/mol. The number of aryl methyl sites for hydroxylation is 3. The molecule has 0 N–H and O–H groups in total. The standard InChI is InChI=1S/C47H50N4O.Pt/c1-10-31-17-16-18-32(11-2)45(31)46-40(12-3)49-51(41(46)13-4)35-26-34(47(7,8)9)27-37(28-35)52-36-21-22-39-38-19-14-15-20-42(38)50(43(39)29-36)44-25-33(30(5)6)23-24-48-44;/h14-27,30H,10-13H2,1-9H3;/q-2;+2. The molecule has 4 aromatic carbocycles. The summed E-state index contributed by atoms with van der Waals surface area (Å²) < 4.78 is 11.1. The van der Waals surface area contributed by atoms with Crippen LogP contribution in [0.5, 0.6) is 11.5 Å². The zero-order valence-electron chi connectivity index (χ0n) is 32.5. The predicted molar refractivity (Wildman–Crippen MR) is 216 cm³/mol. The van der Waals surface area contributed by atoms with E-state index >= 15 is 0 Å². The molecule has 0 atom stereocenters. The molecule has 0 bridgehead atoms. The van der Waals surface area contributed by atoms with Crippen LogP contribution in [-0.4, -0.2) is 19.3 Å². The van der Waals surface area contributed by atoms with E-state index in [-0.39, 0.29) is 26.5 Å². The van der Waals surface area contributed by atoms with Crippen molar-refractivity contribution in [3.8, 4) is 34.1 Å². The summed E-state index contributed by atoms with van der Waals surface area (Å²) in [5, 5.41) is 7.57. The topological polar surface area (TPSA) is 44.9 Å². The van der Waals surface area contributed by atoms with E-state index in [1.54, 1.807) is 0 Å². The monoisotopic (exact) mass is 881 g/mol. The van der Waals surface area contributed by atoms with E-state index in [0.29, 0.717) is 17.4 Å². The van der Waals surface area contributed by atoms with Gasteiger partial charge in [-0.25, -0.2) is 4.98 Å². The Morgan fingerprint density at radius 2 is 1.47 bits per heavy atom. The van der Waals surface area contributed by atoms with Gasteiger partial charge in [-0.15, -0.1) is 41.3 Å². The maximum atomic E-state index is 6.74. The average Bonchev–Trinajstić information content (AvgIpc) is 3.69. The minimum absolute atomic E-state index is 0. The molecule has 0 radical (unpaired) electrons. The van der Waals surface area contributed by atoms with Gasteiger partial charge in [0, 0.05) is 34.5 Å². The molecule has 0 saturated heterocycles. The van der Waals surface area contributed by atoms with Gasteiger partial charge < -0.3 is 9.30 Å². The third-order valence-corrected chi connectivity index (χ3v) is 10.3. The van der Waals surface area contributed by atoms with Gasteiger partial charge in [-0.05, 0) is 88.5 Å². The normalized spacial score (nSPS) is 11.8. The first-order valence-corrected chi connectivity index (χ1v) is 19.0. The third-order valence-electron chi connectivity index (χ3n) is 10.3. The number of aromatic nitrogens is 4. The van der Waals surface area contributed by atoms with Crippen molar-refractivity contribution in [1.29, 1.82) is 0 Å². The second-order valence-corrected chi connectivity index (χ2v) is 15.1. The molecule has 0 unspecified atom stereocenters. The van der Waals surface area contributed by atoms with Crippen LogP contribution >= 0.6 is 0 Å². The molecule has 3 heterocycles. The molecule has 0 spiro atoms. The smallest absolute Gasteiger partial charge is 0.509 e. The molecule has 0 aliphatic rings. The number of hydrogen-bond donors (Lipinski definition) is 0. The van der Waals surface area contributed by atoms with Gasteiger partial charge in [-0.1, -0.05) is 104 Å². The van der Waals surface area contributed by atoms with Crippen LogP contribution in [0.2, 0.25) is 0 Å². The number of hydrogen-bond acceptors (Lipinski definition) is 3. The molecule has 5 nitrogen and oxygen atoms in total. The number of fused-ring (bicyclic) bond motifs is 3. The van der Waals surface area contributed by atoms with Crippen LogP contribution in [0.1, 0.15) is 102 Å². The molecular weight excluding hydrogens is 832 g/mol. The van der Waals surface area contributed by atoms with Crippen molar-refractivity contribution >= 4 is 21.8 Å². The van der Waals surface area contributed by atoms with E-state index in [9.17, 15) is 0 Å². The van der Waals surface area contributed by atoms with Gasteiger partial charge in [0.15, 0.2) is 0 Å². The minimum atomic E-state index is -0.130. The minimum Gasteiger partial charge on any atom is -0.509 e. The number of para-hydroxylation sites is 1. The second kappa shape index (κ2) is 15.5. The molecule has 0 saturated carbocycles. The summed E-state index contributed by atoms with van der Waals surface area (Å²) >= 11 is 0. The van der Waals surface area contributed by atoms with Crippen LogP contribution in [-0.2, 0) is 52.2 Å². The zero-order chi connectivity index (χ0) is 36.7. The van der Waals surface area contributed by atoms with E-state index in [0.717, 1.165) is 70.3 Å². The number of pyridine rings is 1. The first-order chi connectivity index (χ1) is 25.1. The van der Waals surface area contributed by atoms with E-state index in [4.69, 9.17) is 14.8 Å². The van der Waals surface area contributed by atoms with E-state index in [1.807, 2.05) is 12.3 Å². The van der Waals surface area contributed by atoms with Crippen LogP contribution in [0, 0.1) is 12.1 Å². The Morgan fingerprint density at radius 1 is 0.736 bits per heavy atom. The maximum absolute atomic E-state index is 6.74. The van der Waals surface area contributed by atoms with Crippen molar-refractivity contribution in [3.05, 3.63) is 131 Å². The third kappa shape index (κ3) is 7.13. The Bertz CT molecular complexity index is 2390. The summed E-state index contributed by atoms with van der Waals surface area (Å²) in [6.45, 7) is 20.1. The van der Waals surface area contributed by atoms with Crippen molar-refractivity contribution in [2.24, 2.45) is 0 Å². The van der Waals surface area contributed by atoms with Crippen LogP contribution in [0.4, 0.5) is 0 Å². The SMILES string of the molecule is CCc1cccc(CC)c1-c1c(CC)nn(-c2[c-]c(Oc3[c-]c4c(cc3)c3ccccc3n4-c3cc(C(C)C)ccn3)cc(C(C)(C)C)c2)c1CC.[Pt+2]. The number of nitrogens with zero attached hydrogens (tertiary/aromatic N) is 4. The first-order valence-electron chi connectivity index (χ1n) is 19.0. The Hall–Kier alpha value is -4.47. The quantitative estimate of drug-likeness (QED) is 0.129. The van der Waals surface area contributed by atoms with Crippen molar-refractivity contribution in [3.63, 3.8) is 0 Å². The number of rotatable bonds is 10. The predicted octanol–water partition coefficient (Wildman–Crippen LogP) is 12.1. The van der Waals surface area contributed by atoms with Gasteiger partial charge in [-0.3, -0.25) is 4.68 Å². The Balaban J connectivity index is 0.00000481. The van der Waals surface area contributed by atoms with Crippen molar-refractivity contribution in [2.45, 2.75) is 99.3 Å². The summed E-state index contributed by atoms with van der Waals surface area (Å²) in [5.74, 6) is 2.53. The summed E-state index contributed by atoms with van der Waals surface area (Å²) in [5.41, 5.74) is 12.9. The van der Waals surface area contributed by atoms with Gasteiger partial charge >= 0.3 is 21.1 Å². The van der Waals surface area contributed by atoms with E-state index in [1.165, 1.54) is 33.5 Å². The Labute approximate surface area is 329 Å². The number of ether oxygens (including phenoxy) is 1. The molecule has 53 heavy (non-hydrogen) atoms. The molecule has 0 aliphatic heterocycles. The maximum Gasteiger partial charge on any atom is 2.00 e. The summed E-state index contributed by atoms with van der Waals surface area (Å²) in [4.78, 5) is 4.82. The van der Waals surface area contributed by atoms with Crippen LogP contribution in [0.3, 0.4) is 0 Å². The Morgan fingerprint density at radius 3 is 2.13 bits per heavy atom. The molecule has 0 aliphatic carbocycles. The van der Waals surface area contributed by atoms with Gasteiger partial charge in [0.2, 0.25) is 0 Å². The van der Waals surface area contributed by atoms with Crippen LogP contribution in [0.15, 0.2) is 85.1 Å². The summed E-state index contributed by atoms with van der Waals surface area (Å²) in [6, 6.07) is 35.3. The first kappa shape index (κ1) is 38.3. The van der Waals surface area contributed by atoms with Gasteiger partial charge in [0.25, 0.3) is 0 Å². The largest absolute Gasteiger partial charge is 2.00 e.